The van der Waals surface area contributed by atoms with Crippen LogP contribution in [0.1, 0.15) is 88.6 Å². The first-order valence-electron chi connectivity index (χ1n) is 15.3. The van der Waals surface area contributed by atoms with Crippen molar-refractivity contribution in [3.8, 4) is 22.5 Å². The molecule has 0 amide bonds. The number of hydrogen-bond acceptors (Lipinski definition) is 6. The summed E-state index contributed by atoms with van der Waals surface area (Å²) in [5.41, 5.74) is 5.46. The van der Waals surface area contributed by atoms with Gasteiger partial charge in [-0.05, 0) is 81.4 Å². The number of nitrogens with one attached hydrogen (secondary N) is 1. The van der Waals surface area contributed by atoms with Gasteiger partial charge in [0.1, 0.15) is 12.3 Å². The highest BCUT2D eigenvalue weighted by molar-refractivity contribution is 5.74. The molecular formula is C35H43N5O3. The molecule has 5 rings (SSSR count). The highest BCUT2D eigenvalue weighted by Gasteiger charge is 2.24. The summed E-state index contributed by atoms with van der Waals surface area (Å²) in [5, 5.41) is 27.6. The number of carboxylic acid groups (broad SMARTS) is 1. The summed E-state index contributed by atoms with van der Waals surface area (Å²) in [6.07, 6.45) is 12.6. The van der Waals surface area contributed by atoms with Crippen LogP contribution in [-0.4, -0.2) is 42.0 Å². The van der Waals surface area contributed by atoms with Crippen molar-refractivity contribution in [1.82, 2.24) is 25.1 Å². The van der Waals surface area contributed by atoms with Gasteiger partial charge in [0.2, 0.25) is 0 Å². The van der Waals surface area contributed by atoms with E-state index in [4.69, 9.17) is 0 Å². The van der Waals surface area contributed by atoms with Crippen LogP contribution < -0.4 is 5.32 Å². The molecule has 0 radical (unpaired) electrons. The van der Waals surface area contributed by atoms with E-state index in [-0.39, 0.29) is 12.0 Å². The van der Waals surface area contributed by atoms with Crippen LogP contribution in [0.5, 0.6) is 0 Å². The summed E-state index contributed by atoms with van der Waals surface area (Å²) >= 11 is 0. The lowest BCUT2D eigenvalue weighted by molar-refractivity contribution is -0.140. The molecule has 0 aliphatic heterocycles. The van der Waals surface area contributed by atoms with E-state index in [1.54, 1.807) is 17.1 Å². The first-order chi connectivity index (χ1) is 20.6. The van der Waals surface area contributed by atoms with E-state index in [1.807, 2.05) is 57.4 Å². The van der Waals surface area contributed by atoms with Crippen molar-refractivity contribution in [2.75, 3.05) is 0 Å². The second kappa shape index (κ2) is 13.2. The Bertz CT molecular complexity index is 1480. The van der Waals surface area contributed by atoms with Gasteiger partial charge in [0.05, 0.1) is 11.7 Å². The second-order valence-electron chi connectivity index (χ2n) is 12.8. The van der Waals surface area contributed by atoms with Crippen LogP contribution in [0.3, 0.4) is 0 Å². The Kier molecular flexibility index (Phi) is 9.37. The molecule has 2 atom stereocenters. The number of benzene rings is 2. The van der Waals surface area contributed by atoms with Crippen molar-refractivity contribution in [2.45, 2.75) is 89.9 Å². The van der Waals surface area contributed by atoms with Crippen molar-refractivity contribution >= 4 is 5.97 Å². The average Bonchev–Trinajstić information content (AvgIpc) is 3.53. The number of aromatic nitrogens is 4. The monoisotopic (exact) mass is 581 g/mol. The lowest BCUT2D eigenvalue weighted by Crippen LogP contribution is -2.40. The summed E-state index contributed by atoms with van der Waals surface area (Å²) in [5.74, 6) is 1.14. The van der Waals surface area contributed by atoms with E-state index in [1.165, 1.54) is 37.7 Å². The zero-order chi connectivity index (χ0) is 30.6. The fourth-order valence-corrected chi connectivity index (χ4v) is 5.85. The van der Waals surface area contributed by atoms with Crippen LogP contribution in [0.4, 0.5) is 0 Å². The largest absolute Gasteiger partial charge is 0.480 e. The Morgan fingerprint density at radius 2 is 1.56 bits per heavy atom. The molecule has 2 heterocycles. The quantitative estimate of drug-likeness (QED) is 0.178. The Morgan fingerprint density at radius 3 is 2.12 bits per heavy atom. The molecule has 1 saturated carbocycles. The van der Waals surface area contributed by atoms with E-state index in [2.05, 4.69) is 51.6 Å². The normalized spacial score (nSPS) is 18.7. The predicted octanol–water partition coefficient (Wildman–Crippen LogP) is 6.72. The molecule has 226 valence electrons. The maximum absolute atomic E-state index is 12.0. The zero-order valence-electron chi connectivity index (χ0n) is 25.6. The van der Waals surface area contributed by atoms with Gasteiger partial charge in [-0.25, -0.2) is 9.97 Å². The number of aliphatic hydroxyl groups is 1. The fraction of sp³-hybridized carbons (Fsp3) is 0.429. The van der Waals surface area contributed by atoms with Crippen LogP contribution in [0.2, 0.25) is 0 Å². The van der Waals surface area contributed by atoms with E-state index >= 15 is 0 Å². The summed E-state index contributed by atoms with van der Waals surface area (Å²) in [7, 11) is 0. The molecule has 43 heavy (non-hydrogen) atoms. The summed E-state index contributed by atoms with van der Waals surface area (Å²) in [6, 6.07) is 15.4. The maximum atomic E-state index is 12.0. The highest BCUT2D eigenvalue weighted by Crippen LogP contribution is 2.37. The predicted molar refractivity (Wildman–Crippen MR) is 168 cm³/mol. The van der Waals surface area contributed by atoms with Gasteiger partial charge in [0.15, 0.2) is 5.82 Å². The van der Waals surface area contributed by atoms with E-state index in [9.17, 15) is 15.0 Å². The molecular weight excluding hydrogens is 538 g/mol. The maximum Gasteiger partial charge on any atom is 0.321 e. The molecule has 1 unspecified atom stereocenters. The molecule has 0 saturated heterocycles. The van der Waals surface area contributed by atoms with Gasteiger partial charge in [-0.3, -0.25) is 14.8 Å². The first-order valence-corrected chi connectivity index (χ1v) is 15.3. The van der Waals surface area contributed by atoms with E-state index < -0.39 is 18.2 Å². The van der Waals surface area contributed by atoms with Gasteiger partial charge >= 0.3 is 5.97 Å². The van der Waals surface area contributed by atoms with Gasteiger partial charge in [-0.15, -0.1) is 0 Å². The van der Waals surface area contributed by atoms with Gasteiger partial charge in [0, 0.05) is 35.3 Å². The number of rotatable bonds is 10. The topological polar surface area (TPSA) is 113 Å². The third kappa shape index (κ3) is 7.56. The van der Waals surface area contributed by atoms with Crippen LogP contribution >= 0.6 is 0 Å². The molecule has 2 aromatic carbocycles. The molecule has 3 N–H and O–H groups in total. The Morgan fingerprint density at radius 1 is 0.930 bits per heavy atom. The number of aliphatic carboxylic acids is 1. The number of nitrogens with zero attached hydrogens (tertiary/aromatic N) is 4. The van der Waals surface area contributed by atoms with E-state index in [0.717, 1.165) is 28.2 Å². The van der Waals surface area contributed by atoms with Gasteiger partial charge in [-0.2, -0.15) is 5.10 Å². The lowest BCUT2D eigenvalue weighted by Gasteiger charge is -2.28. The lowest BCUT2D eigenvalue weighted by atomic mass is 9.78. The third-order valence-corrected chi connectivity index (χ3v) is 8.71. The Labute approximate surface area is 254 Å². The van der Waals surface area contributed by atoms with Gasteiger partial charge in [0.25, 0.3) is 0 Å². The number of hydrogen-bond donors (Lipinski definition) is 3. The molecule has 1 aliphatic carbocycles. The standard InChI is InChI=1S/C35H43N5O3/c1-5-23-6-10-25(11-7-23)26-14-16-27(17-15-26)29-19-36-32(37-20-29)28-12-8-24(9-13-28)18-31(34(42)43)39-33(41)30-21-38-40(22-30)35(2,3)4/h8-9,12-17,19-23,25,31,33,39,41H,5-7,10-11,18H2,1-4H3,(H,42,43)/t23?,25?,31-,33?/m0/s1. The van der Waals surface area contributed by atoms with E-state index in [0.29, 0.717) is 17.3 Å². The average molecular weight is 582 g/mol. The minimum absolute atomic E-state index is 0.204. The molecule has 4 aromatic rings. The Hall–Kier alpha value is -3.88. The molecule has 0 bridgehead atoms. The number of carbonyl (C=O) groups is 1. The van der Waals surface area contributed by atoms with Crippen LogP contribution in [0, 0.1) is 5.92 Å². The van der Waals surface area contributed by atoms with Crippen molar-refractivity contribution < 1.29 is 15.0 Å². The van der Waals surface area contributed by atoms with Crippen LogP contribution in [0.15, 0.2) is 73.3 Å². The zero-order valence-corrected chi connectivity index (χ0v) is 25.6. The molecule has 1 aliphatic rings. The highest BCUT2D eigenvalue weighted by atomic mass is 16.4. The summed E-state index contributed by atoms with van der Waals surface area (Å²) in [4.78, 5) is 21.2. The number of aliphatic hydroxyl groups excluding tert-OH is 1. The van der Waals surface area contributed by atoms with Crippen molar-refractivity contribution in [3.05, 3.63) is 90.0 Å². The molecule has 1 fully saturated rings. The van der Waals surface area contributed by atoms with Crippen molar-refractivity contribution in [1.29, 1.82) is 0 Å². The van der Waals surface area contributed by atoms with Gasteiger partial charge < -0.3 is 10.2 Å². The Balaban J connectivity index is 1.19. The molecule has 8 nitrogen and oxygen atoms in total. The second-order valence-corrected chi connectivity index (χ2v) is 12.8. The van der Waals surface area contributed by atoms with Gasteiger partial charge in [-0.1, -0.05) is 61.9 Å². The van der Waals surface area contributed by atoms with Crippen molar-refractivity contribution in [3.63, 3.8) is 0 Å². The summed E-state index contributed by atoms with van der Waals surface area (Å²) in [6.45, 7) is 8.31. The summed E-state index contributed by atoms with van der Waals surface area (Å²) < 4.78 is 1.74. The molecule has 2 aromatic heterocycles. The minimum atomic E-state index is -1.15. The molecule has 8 heteroatoms. The van der Waals surface area contributed by atoms with Crippen molar-refractivity contribution in [2.24, 2.45) is 5.92 Å². The SMILES string of the molecule is CCC1CCC(c2ccc(-c3cnc(-c4ccc(C[C@H](NC(O)c5cnn(C(C)(C)C)c5)C(=O)O)cc4)nc3)cc2)CC1. The first kappa shape index (κ1) is 30.6. The van der Waals surface area contributed by atoms with Crippen LogP contribution in [0.25, 0.3) is 22.5 Å². The fourth-order valence-electron chi connectivity index (χ4n) is 5.85. The molecule has 0 spiro atoms. The number of carboxylic acids is 1. The van der Waals surface area contributed by atoms with Crippen LogP contribution in [-0.2, 0) is 16.8 Å². The minimum Gasteiger partial charge on any atom is -0.480 e. The third-order valence-electron chi connectivity index (χ3n) is 8.71. The smallest absolute Gasteiger partial charge is 0.321 e.